The summed E-state index contributed by atoms with van der Waals surface area (Å²) in [6, 6.07) is 0. The molecule has 23 heteroatoms. The summed E-state index contributed by atoms with van der Waals surface area (Å²) in [5.41, 5.74) is 3.55. The Morgan fingerprint density at radius 1 is 1.21 bits per heavy atom. The maximum Gasteiger partial charge on any atom is 0.481 e. The number of rotatable bonds is 10. The van der Waals surface area contributed by atoms with Crippen LogP contribution in [0.4, 0.5) is 10.2 Å². The van der Waals surface area contributed by atoms with Gasteiger partial charge in [-0.3, -0.25) is 9.09 Å². The molecular weight excluding hydrogens is 635 g/mol. The quantitative estimate of drug-likeness (QED) is 0.0883. The number of hydrogen-bond acceptors (Lipinski definition) is 17. The van der Waals surface area contributed by atoms with Crippen molar-refractivity contribution in [3.63, 3.8) is 0 Å². The zero-order chi connectivity index (χ0) is 31.2. The molecule has 0 saturated carbocycles. The number of phosphoric ester groups is 1. The molecular formula is C19H26FN5O14P2S. The van der Waals surface area contributed by atoms with E-state index in [9.17, 15) is 44.3 Å². The van der Waals surface area contributed by atoms with Gasteiger partial charge >= 0.3 is 14.5 Å². The molecule has 0 aromatic carbocycles. The number of hydrogen-bond donors (Lipinski definition) is 9. The molecule has 0 aliphatic carbocycles. The minimum Gasteiger partial charge on any atom is -0.393 e. The number of ether oxygens (including phenoxy) is 2. The maximum atomic E-state index is 13.9. The van der Waals surface area contributed by atoms with Crippen molar-refractivity contribution in [1.82, 2.24) is 19.5 Å². The molecule has 7 unspecified atom stereocenters. The molecule has 2 fully saturated rings. The zero-order valence-electron chi connectivity index (χ0n) is 20.9. The Morgan fingerprint density at radius 3 is 2.55 bits per heavy atom. The number of aliphatic hydroxyl groups is 6. The first-order valence-electron chi connectivity index (χ1n) is 11.7. The van der Waals surface area contributed by atoms with Gasteiger partial charge in [0.2, 0.25) is 0 Å². The van der Waals surface area contributed by atoms with E-state index in [1.165, 1.54) is 0 Å². The van der Waals surface area contributed by atoms with Crippen LogP contribution in [0.5, 0.6) is 0 Å². The van der Waals surface area contributed by atoms with E-state index in [1.54, 1.807) is 0 Å². The third kappa shape index (κ3) is 6.36. The monoisotopic (exact) mass is 661 g/mol. The lowest BCUT2D eigenvalue weighted by Crippen LogP contribution is -2.60. The molecule has 2 aliphatic rings. The van der Waals surface area contributed by atoms with Gasteiger partial charge in [0.05, 0.1) is 19.5 Å². The summed E-state index contributed by atoms with van der Waals surface area (Å²) in [4.78, 5) is 32.3. The van der Waals surface area contributed by atoms with Crippen LogP contribution in [-0.2, 0) is 39.2 Å². The van der Waals surface area contributed by atoms with Crippen molar-refractivity contribution in [3.8, 4) is 12.3 Å². The zero-order valence-corrected chi connectivity index (χ0v) is 23.5. The molecule has 42 heavy (non-hydrogen) atoms. The second kappa shape index (κ2) is 12.3. The molecule has 12 atom stereocenters. The number of terminal acetylenes is 1. The first-order chi connectivity index (χ1) is 19.5. The predicted molar refractivity (Wildman–Crippen MR) is 137 cm³/mol. The van der Waals surface area contributed by atoms with Crippen molar-refractivity contribution < 1.29 is 72.2 Å². The van der Waals surface area contributed by atoms with Crippen LogP contribution < -0.4 is 5.73 Å². The van der Waals surface area contributed by atoms with Gasteiger partial charge in [0.15, 0.2) is 35.8 Å². The average molecular weight is 661 g/mol. The first kappa shape index (κ1) is 33.1. The van der Waals surface area contributed by atoms with E-state index in [-0.39, 0.29) is 17.0 Å². The molecule has 19 nitrogen and oxygen atoms in total. The molecule has 0 spiro atoms. The predicted octanol–water partition coefficient (Wildman–Crippen LogP) is -3.46. The summed E-state index contributed by atoms with van der Waals surface area (Å²) >= 11 is 4.70. The number of imidazole rings is 1. The molecule has 4 heterocycles. The summed E-state index contributed by atoms with van der Waals surface area (Å²) < 4.78 is 52.1. The topological polar surface area (TPSA) is 295 Å². The number of halogens is 1. The number of aliphatic hydroxyl groups excluding tert-OH is 5. The van der Waals surface area contributed by atoms with Gasteiger partial charge in [-0.25, -0.2) is 28.2 Å². The SMILES string of the molecule is C#C[C@@]1(O)[C@H](O)[C@@H](COP(O)(=S)OP(=O)(O)OC2OC([C@@H](F)CO)C(O)C(O)C2O)O[C@H]1n1cnc2c(N)ncnc21. The Labute approximate surface area is 240 Å². The van der Waals surface area contributed by atoms with E-state index in [0.717, 1.165) is 17.2 Å². The van der Waals surface area contributed by atoms with Gasteiger partial charge < -0.3 is 60.2 Å². The van der Waals surface area contributed by atoms with Crippen molar-refractivity contribution in [2.45, 2.75) is 60.9 Å². The smallest absolute Gasteiger partial charge is 0.393 e. The summed E-state index contributed by atoms with van der Waals surface area (Å²) in [5.74, 6) is 2.01. The number of phosphoric acid groups is 1. The first-order valence-corrected chi connectivity index (χ1v) is 15.7. The molecule has 2 aromatic heterocycles. The number of aromatic nitrogens is 4. The van der Waals surface area contributed by atoms with Crippen LogP contribution >= 0.6 is 14.5 Å². The molecule has 2 saturated heterocycles. The number of nitrogen functional groups attached to an aromatic ring is 1. The highest BCUT2D eigenvalue weighted by Crippen LogP contribution is 2.62. The average Bonchev–Trinajstić information content (AvgIpc) is 3.46. The van der Waals surface area contributed by atoms with Crippen molar-refractivity contribution >= 4 is 43.3 Å². The second-order valence-electron chi connectivity index (χ2n) is 9.08. The fraction of sp³-hybridized carbons (Fsp3) is 0.632. The summed E-state index contributed by atoms with van der Waals surface area (Å²) in [6.45, 7) is -6.83. The Bertz CT molecular complexity index is 1430. The summed E-state index contributed by atoms with van der Waals surface area (Å²) in [6.07, 6.45) is -10.3. The molecule has 0 amide bonds. The van der Waals surface area contributed by atoms with Crippen LogP contribution in [0.2, 0.25) is 0 Å². The largest absolute Gasteiger partial charge is 0.481 e. The Hall–Kier alpha value is -1.80. The van der Waals surface area contributed by atoms with Gasteiger partial charge in [0, 0.05) is 0 Å². The normalized spacial score (nSPS) is 37.1. The third-order valence-electron chi connectivity index (χ3n) is 6.34. The Balaban J connectivity index is 1.44. The van der Waals surface area contributed by atoms with E-state index < -0.39 is 88.7 Å². The lowest BCUT2D eigenvalue weighted by atomic mass is 9.95. The van der Waals surface area contributed by atoms with E-state index >= 15 is 0 Å². The number of alkyl halides is 1. The summed E-state index contributed by atoms with van der Waals surface area (Å²) in [5, 5.41) is 60.5. The van der Waals surface area contributed by atoms with Gasteiger partial charge in [-0.05, 0) is 11.8 Å². The third-order valence-corrected chi connectivity index (χ3v) is 9.85. The van der Waals surface area contributed by atoms with Crippen LogP contribution in [0.25, 0.3) is 11.2 Å². The van der Waals surface area contributed by atoms with Crippen LogP contribution in [0.1, 0.15) is 6.23 Å². The minimum absolute atomic E-state index is 0.000426. The van der Waals surface area contributed by atoms with E-state index in [4.69, 9.17) is 43.1 Å². The molecule has 0 radical (unpaired) electrons. The van der Waals surface area contributed by atoms with E-state index in [0.29, 0.717) is 0 Å². The minimum atomic E-state index is -5.54. The van der Waals surface area contributed by atoms with E-state index in [1.807, 2.05) is 5.92 Å². The van der Waals surface area contributed by atoms with Gasteiger partial charge in [-0.1, -0.05) is 5.92 Å². The van der Waals surface area contributed by atoms with Crippen LogP contribution in [0, 0.1) is 12.3 Å². The van der Waals surface area contributed by atoms with Gasteiger partial charge in [-0.15, -0.1) is 6.42 Å². The second-order valence-corrected chi connectivity index (χ2v) is 13.5. The van der Waals surface area contributed by atoms with Crippen LogP contribution in [-0.4, -0.2) is 128 Å². The Morgan fingerprint density at radius 2 is 1.90 bits per heavy atom. The molecule has 0 bridgehead atoms. The number of fused-ring (bicyclic) bond motifs is 1. The lowest BCUT2D eigenvalue weighted by molar-refractivity contribution is -0.287. The fourth-order valence-corrected chi connectivity index (χ4v) is 7.31. The molecule has 10 N–H and O–H groups in total. The van der Waals surface area contributed by atoms with Crippen molar-refractivity contribution in [2.75, 3.05) is 18.9 Å². The highest BCUT2D eigenvalue weighted by atomic mass is 32.5. The number of nitrogens with two attached hydrogens (primary N) is 1. The number of anilines is 1. The Kier molecular flexibility index (Phi) is 9.69. The van der Waals surface area contributed by atoms with Gasteiger partial charge in [0.1, 0.15) is 48.5 Å². The highest BCUT2D eigenvalue weighted by Gasteiger charge is 2.57. The molecule has 2 aromatic rings. The van der Waals surface area contributed by atoms with Gasteiger partial charge in [-0.2, -0.15) is 0 Å². The van der Waals surface area contributed by atoms with Crippen molar-refractivity contribution in [3.05, 3.63) is 12.7 Å². The highest BCUT2D eigenvalue weighted by molar-refractivity contribution is 8.08. The fourth-order valence-electron chi connectivity index (χ4n) is 4.22. The van der Waals surface area contributed by atoms with Crippen molar-refractivity contribution in [2.24, 2.45) is 0 Å². The molecule has 4 rings (SSSR count). The van der Waals surface area contributed by atoms with Crippen LogP contribution in [0.3, 0.4) is 0 Å². The van der Waals surface area contributed by atoms with Crippen molar-refractivity contribution in [1.29, 1.82) is 0 Å². The van der Waals surface area contributed by atoms with E-state index in [2.05, 4.69) is 23.8 Å². The maximum absolute atomic E-state index is 13.9. The summed E-state index contributed by atoms with van der Waals surface area (Å²) in [7, 11) is -5.54. The van der Waals surface area contributed by atoms with Gasteiger partial charge in [0.25, 0.3) is 0 Å². The lowest BCUT2D eigenvalue weighted by Gasteiger charge is -2.41. The van der Waals surface area contributed by atoms with Crippen LogP contribution in [0.15, 0.2) is 12.7 Å². The molecule has 2 aliphatic heterocycles. The standard InChI is InChI=1S/C19H26FN5O14P2S/c1-2-19(31)14(30)8(36-18(19)25-6-24-9-15(21)22-5-23-16(9)25)4-35-41(34,42)39-40(32,33)38-17-12(29)10(27)11(28)13(37-17)7(20)3-26/h1,5-8,10-14,17-18,26-31H,3-4H2,(H,32,33)(H,34,42)(H2,21,22,23)/t7-,8+,10?,11?,12?,13?,14+,17?,18+,19+,41?/m0/s1. The number of nitrogens with zero attached hydrogens (tertiary/aromatic N) is 4. The molecule has 234 valence electrons.